The van der Waals surface area contributed by atoms with Crippen LogP contribution >= 0.6 is 11.3 Å². The molecule has 3 rings (SSSR count). The number of amides is 1. The monoisotopic (exact) mass is 374 g/mol. The van der Waals surface area contributed by atoms with Crippen molar-refractivity contribution in [3.63, 3.8) is 0 Å². The standard InChI is InChI=1S/C19H22N2O4S/c1-13-20-16(12-26-13)11-25-17-5-3-4-15(10-17)18(22)21-8-6-14(7-9-21)19(23)24-2/h3-5,10,12,14H,6-9,11H2,1-2H3. The Bertz CT molecular complexity index is 781. The number of rotatable bonds is 5. The number of hydrogen-bond donors (Lipinski definition) is 0. The molecule has 0 N–H and O–H groups in total. The van der Waals surface area contributed by atoms with E-state index in [-0.39, 0.29) is 17.8 Å². The molecule has 0 atom stereocenters. The van der Waals surface area contributed by atoms with Crippen LogP contribution in [-0.4, -0.2) is 42.0 Å². The average Bonchev–Trinajstić information content (AvgIpc) is 3.11. The topological polar surface area (TPSA) is 68.7 Å². The molecule has 6 nitrogen and oxygen atoms in total. The molecule has 0 radical (unpaired) electrons. The first kappa shape index (κ1) is 18.4. The van der Waals surface area contributed by atoms with Gasteiger partial charge in [0.15, 0.2) is 0 Å². The van der Waals surface area contributed by atoms with Gasteiger partial charge in [0.1, 0.15) is 12.4 Å². The molecule has 2 heterocycles. The van der Waals surface area contributed by atoms with Gasteiger partial charge in [-0.15, -0.1) is 11.3 Å². The molecule has 1 aliphatic heterocycles. The van der Waals surface area contributed by atoms with Gasteiger partial charge in [0.2, 0.25) is 0 Å². The molecule has 1 aromatic heterocycles. The third-order valence-electron chi connectivity index (χ3n) is 4.45. The van der Waals surface area contributed by atoms with Crippen LogP contribution in [0.25, 0.3) is 0 Å². The van der Waals surface area contributed by atoms with E-state index in [1.165, 1.54) is 7.11 Å². The summed E-state index contributed by atoms with van der Waals surface area (Å²) in [6, 6.07) is 7.19. The molecule has 0 bridgehead atoms. The third-order valence-corrected chi connectivity index (χ3v) is 5.27. The molecule has 138 valence electrons. The largest absolute Gasteiger partial charge is 0.487 e. The lowest BCUT2D eigenvalue weighted by atomic mass is 9.96. The van der Waals surface area contributed by atoms with Crippen LogP contribution in [0.1, 0.15) is 33.9 Å². The number of methoxy groups -OCH3 is 1. The van der Waals surface area contributed by atoms with Crippen LogP contribution in [0.2, 0.25) is 0 Å². The Morgan fingerprint density at radius 1 is 1.31 bits per heavy atom. The summed E-state index contributed by atoms with van der Waals surface area (Å²) in [6.07, 6.45) is 1.27. The van der Waals surface area contributed by atoms with Crippen molar-refractivity contribution in [1.29, 1.82) is 0 Å². The number of thiazole rings is 1. The van der Waals surface area contributed by atoms with Gasteiger partial charge in [-0.25, -0.2) is 4.98 Å². The Morgan fingerprint density at radius 2 is 2.08 bits per heavy atom. The van der Waals surface area contributed by atoms with Gasteiger partial charge in [-0.2, -0.15) is 0 Å². The molecule has 2 aromatic rings. The molecule has 1 fully saturated rings. The first-order chi connectivity index (χ1) is 12.6. The van der Waals surface area contributed by atoms with Crippen molar-refractivity contribution in [3.05, 3.63) is 45.9 Å². The second kappa shape index (κ2) is 8.31. The lowest BCUT2D eigenvalue weighted by molar-refractivity contribution is -0.146. The van der Waals surface area contributed by atoms with E-state index in [1.54, 1.807) is 28.4 Å². The van der Waals surface area contributed by atoms with E-state index in [1.807, 2.05) is 24.4 Å². The van der Waals surface area contributed by atoms with Crippen LogP contribution in [0.4, 0.5) is 0 Å². The van der Waals surface area contributed by atoms with Gasteiger partial charge in [-0.3, -0.25) is 9.59 Å². The summed E-state index contributed by atoms with van der Waals surface area (Å²) in [7, 11) is 1.40. The highest BCUT2D eigenvalue weighted by Crippen LogP contribution is 2.22. The van der Waals surface area contributed by atoms with E-state index < -0.39 is 0 Å². The van der Waals surface area contributed by atoms with Crippen molar-refractivity contribution in [2.45, 2.75) is 26.4 Å². The predicted molar refractivity (Wildman–Crippen MR) is 98.3 cm³/mol. The summed E-state index contributed by atoms with van der Waals surface area (Å²) in [6.45, 7) is 3.45. The molecular weight excluding hydrogens is 352 g/mol. The molecule has 1 amide bonds. The number of ether oxygens (including phenoxy) is 2. The maximum atomic E-state index is 12.7. The van der Waals surface area contributed by atoms with E-state index >= 15 is 0 Å². The third kappa shape index (κ3) is 4.40. The Labute approximate surface area is 156 Å². The van der Waals surface area contributed by atoms with Crippen molar-refractivity contribution in [2.24, 2.45) is 5.92 Å². The van der Waals surface area contributed by atoms with Gasteiger partial charge in [-0.05, 0) is 38.0 Å². The number of aromatic nitrogens is 1. The molecule has 26 heavy (non-hydrogen) atoms. The van der Waals surface area contributed by atoms with Gasteiger partial charge >= 0.3 is 5.97 Å². The highest BCUT2D eigenvalue weighted by molar-refractivity contribution is 7.09. The summed E-state index contributed by atoms with van der Waals surface area (Å²) in [5, 5.41) is 2.97. The minimum absolute atomic E-state index is 0.0386. The van der Waals surface area contributed by atoms with Crippen LogP contribution in [-0.2, 0) is 16.1 Å². The molecule has 1 aliphatic rings. The molecular formula is C19H22N2O4S. The lowest BCUT2D eigenvalue weighted by Crippen LogP contribution is -2.40. The molecule has 0 saturated carbocycles. The molecule has 7 heteroatoms. The van der Waals surface area contributed by atoms with Crippen LogP contribution < -0.4 is 4.74 Å². The lowest BCUT2D eigenvalue weighted by Gasteiger charge is -2.30. The van der Waals surface area contributed by atoms with Crippen molar-refractivity contribution in [3.8, 4) is 5.75 Å². The fraction of sp³-hybridized carbons (Fsp3) is 0.421. The number of esters is 1. The summed E-state index contributed by atoms with van der Waals surface area (Å²) >= 11 is 1.59. The van der Waals surface area contributed by atoms with Gasteiger partial charge in [-0.1, -0.05) is 6.07 Å². The predicted octanol–water partition coefficient (Wildman–Crippen LogP) is 3.06. The van der Waals surface area contributed by atoms with Crippen molar-refractivity contribution < 1.29 is 19.1 Å². The van der Waals surface area contributed by atoms with Crippen molar-refractivity contribution in [1.82, 2.24) is 9.88 Å². The number of likely N-dealkylation sites (tertiary alicyclic amines) is 1. The number of aryl methyl sites for hydroxylation is 1. The minimum atomic E-state index is -0.190. The highest BCUT2D eigenvalue weighted by atomic mass is 32.1. The number of carbonyl (C=O) groups excluding carboxylic acids is 2. The van der Waals surface area contributed by atoms with Crippen LogP contribution in [0.5, 0.6) is 5.75 Å². The molecule has 0 spiro atoms. The number of carbonyl (C=O) groups is 2. The molecule has 0 unspecified atom stereocenters. The number of nitrogens with zero attached hydrogens (tertiary/aromatic N) is 2. The van der Waals surface area contributed by atoms with Crippen LogP contribution in [0.3, 0.4) is 0 Å². The minimum Gasteiger partial charge on any atom is -0.487 e. The zero-order valence-corrected chi connectivity index (χ0v) is 15.8. The zero-order valence-electron chi connectivity index (χ0n) is 14.9. The smallest absolute Gasteiger partial charge is 0.308 e. The van der Waals surface area contributed by atoms with E-state index in [0.717, 1.165) is 10.7 Å². The van der Waals surface area contributed by atoms with Gasteiger partial charge in [0, 0.05) is 24.0 Å². The second-order valence-corrected chi connectivity index (χ2v) is 7.33. The van der Waals surface area contributed by atoms with Gasteiger partial charge in [0.25, 0.3) is 5.91 Å². The second-order valence-electron chi connectivity index (χ2n) is 6.26. The van der Waals surface area contributed by atoms with E-state index in [0.29, 0.717) is 43.9 Å². The molecule has 1 aromatic carbocycles. The van der Waals surface area contributed by atoms with Gasteiger partial charge in [0.05, 0.1) is 23.7 Å². The average molecular weight is 374 g/mol. The molecule has 0 aliphatic carbocycles. The first-order valence-corrected chi connectivity index (χ1v) is 9.45. The Balaban J connectivity index is 1.59. The maximum absolute atomic E-state index is 12.7. The zero-order chi connectivity index (χ0) is 18.5. The summed E-state index contributed by atoms with van der Waals surface area (Å²) in [5.41, 5.74) is 1.47. The Hall–Kier alpha value is -2.41. The quantitative estimate of drug-likeness (QED) is 0.753. The Kier molecular flexibility index (Phi) is 5.88. The van der Waals surface area contributed by atoms with E-state index in [9.17, 15) is 9.59 Å². The van der Waals surface area contributed by atoms with Crippen LogP contribution in [0.15, 0.2) is 29.6 Å². The fourth-order valence-electron chi connectivity index (χ4n) is 3.02. The highest BCUT2D eigenvalue weighted by Gasteiger charge is 2.28. The number of benzene rings is 1. The summed E-state index contributed by atoms with van der Waals surface area (Å²) < 4.78 is 10.5. The maximum Gasteiger partial charge on any atom is 0.308 e. The normalized spacial score (nSPS) is 14.9. The first-order valence-electron chi connectivity index (χ1n) is 8.58. The number of piperidine rings is 1. The van der Waals surface area contributed by atoms with Crippen molar-refractivity contribution in [2.75, 3.05) is 20.2 Å². The fourth-order valence-corrected chi connectivity index (χ4v) is 3.62. The van der Waals surface area contributed by atoms with Crippen molar-refractivity contribution >= 4 is 23.2 Å². The van der Waals surface area contributed by atoms with Crippen LogP contribution in [0, 0.1) is 12.8 Å². The van der Waals surface area contributed by atoms with E-state index in [4.69, 9.17) is 9.47 Å². The summed E-state index contributed by atoms with van der Waals surface area (Å²) in [4.78, 5) is 30.5. The van der Waals surface area contributed by atoms with E-state index in [2.05, 4.69) is 4.98 Å². The summed E-state index contributed by atoms with van der Waals surface area (Å²) in [5.74, 6) is 0.305. The SMILES string of the molecule is COC(=O)C1CCN(C(=O)c2cccc(OCc3csc(C)n3)c2)CC1. The molecule has 1 saturated heterocycles. The van der Waals surface area contributed by atoms with Gasteiger partial charge < -0.3 is 14.4 Å². The number of hydrogen-bond acceptors (Lipinski definition) is 6. The Morgan fingerprint density at radius 3 is 2.73 bits per heavy atom.